The fourth-order valence-corrected chi connectivity index (χ4v) is 5.53. The Morgan fingerprint density at radius 1 is 1.22 bits per heavy atom. The zero-order valence-corrected chi connectivity index (χ0v) is 21.3. The van der Waals surface area contributed by atoms with Gasteiger partial charge in [0.25, 0.3) is 0 Å². The molecule has 0 bridgehead atoms. The highest BCUT2D eigenvalue weighted by atomic mass is 32.2. The molecule has 3 heterocycles. The van der Waals surface area contributed by atoms with Gasteiger partial charge < -0.3 is 21.3 Å². The summed E-state index contributed by atoms with van der Waals surface area (Å²) in [6.07, 6.45) is 6.64. The molecule has 2 aliphatic rings. The maximum Gasteiger partial charge on any atom is 0.229 e. The second kappa shape index (κ2) is 9.46. The topological polar surface area (TPSA) is 145 Å². The number of rotatable bonds is 5. The van der Waals surface area contributed by atoms with Crippen LogP contribution >= 0.6 is 0 Å². The summed E-state index contributed by atoms with van der Waals surface area (Å²) in [5, 5.41) is 16.0. The highest BCUT2D eigenvalue weighted by Gasteiger charge is 2.32. The van der Waals surface area contributed by atoms with Crippen LogP contribution in [0.25, 0.3) is 0 Å². The van der Waals surface area contributed by atoms with Crippen molar-refractivity contribution in [3.63, 3.8) is 0 Å². The lowest BCUT2D eigenvalue weighted by atomic mass is 9.75. The van der Waals surface area contributed by atoms with Crippen molar-refractivity contribution >= 4 is 38.8 Å². The Balaban J connectivity index is 1.45. The summed E-state index contributed by atoms with van der Waals surface area (Å²) in [6.45, 7) is 1.93. The normalized spacial score (nSPS) is 19.2. The minimum atomic E-state index is -2.36. The van der Waals surface area contributed by atoms with Crippen molar-refractivity contribution in [3.8, 4) is 6.07 Å². The molecule has 0 amide bonds. The van der Waals surface area contributed by atoms with Gasteiger partial charge in [-0.2, -0.15) is 14.6 Å². The van der Waals surface area contributed by atoms with E-state index in [4.69, 9.17) is 5.73 Å². The average molecular weight is 504 g/mol. The maximum absolute atomic E-state index is 12.0. The molecule has 0 saturated heterocycles. The molecule has 2 unspecified atom stereocenters. The van der Waals surface area contributed by atoms with Gasteiger partial charge >= 0.3 is 0 Å². The van der Waals surface area contributed by atoms with E-state index >= 15 is 0 Å². The van der Waals surface area contributed by atoms with E-state index < -0.39 is 9.73 Å². The Bertz CT molecular complexity index is 1480. The maximum atomic E-state index is 12.0. The van der Waals surface area contributed by atoms with E-state index in [1.165, 1.54) is 22.9 Å². The number of pyridine rings is 1. The number of aromatic nitrogens is 3. The number of hydrogen-bond acceptors (Lipinski definition) is 10. The third kappa shape index (κ3) is 5.16. The summed E-state index contributed by atoms with van der Waals surface area (Å²) < 4.78 is 16.2. The molecule has 11 heteroatoms. The molecule has 0 radical (unpaired) electrons. The number of nitriles is 1. The number of nitrogens with one attached hydrogen (secondary N) is 2. The molecular weight excluding hydrogens is 474 g/mol. The molecule has 4 N–H and O–H groups in total. The summed E-state index contributed by atoms with van der Waals surface area (Å²) in [7, 11) is -0.208. The van der Waals surface area contributed by atoms with E-state index in [0.717, 1.165) is 31.6 Å². The molecule has 2 aromatic heterocycles. The predicted molar refractivity (Wildman–Crippen MR) is 141 cm³/mol. The van der Waals surface area contributed by atoms with Gasteiger partial charge in [0.2, 0.25) is 5.95 Å². The van der Waals surface area contributed by atoms with E-state index in [0.29, 0.717) is 29.3 Å². The SMILES string of the molecule is CN1Cc2cc(Nc3ncc(C#N)c(Nc4cccc(N=S(C)(C)=O)n4)n3)cc3c2C(CCC3N)C1. The van der Waals surface area contributed by atoms with Crippen LogP contribution in [0.3, 0.4) is 0 Å². The molecule has 2 atom stereocenters. The molecule has 36 heavy (non-hydrogen) atoms. The molecule has 1 aromatic carbocycles. The van der Waals surface area contributed by atoms with Crippen molar-refractivity contribution in [1.29, 1.82) is 5.26 Å². The van der Waals surface area contributed by atoms with Gasteiger partial charge in [0.1, 0.15) is 17.5 Å². The molecular formula is C25H29N9OS. The molecule has 186 valence electrons. The summed E-state index contributed by atoms with van der Waals surface area (Å²) >= 11 is 0. The lowest BCUT2D eigenvalue weighted by Crippen LogP contribution is -2.35. The van der Waals surface area contributed by atoms with E-state index in [1.54, 1.807) is 30.7 Å². The van der Waals surface area contributed by atoms with Crippen molar-refractivity contribution in [2.75, 3.05) is 36.7 Å². The van der Waals surface area contributed by atoms with Crippen molar-refractivity contribution in [3.05, 3.63) is 58.8 Å². The molecule has 1 aliphatic carbocycles. The summed E-state index contributed by atoms with van der Waals surface area (Å²) in [5.74, 6) is 1.94. The minimum Gasteiger partial charge on any atom is -0.324 e. The average Bonchev–Trinajstić information content (AvgIpc) is 2.80. The molecule has 1 aliphatic heterocycles. The second-order valence-corrected chi connectivity index (χ2v) is 12.2. The number of benzene rings is 1. The molecule has 10 nitrogen and oxygen atoms in total. The van der Waals surface area contributed by atoms with Gasteiger partial charge in [-0.25, -0.2) is 14.2 Å². The first-order chi connectivity index (χ1) is 17.2. The van der Waals surface area contributed by atoms with Crippen LogP contribution in [0.5, 0.6) is 0 Å². The van der Waals surface area contributed by atoms with Crippen LogP contribution in [-0.2, 0) is 16.3 Å². The van der Waals surface area contributed by atoms with Crippen LogP contribution in [0, 0.1) is 11.3 Å². The lowest BCUT2D eigenvalue weighted by Gasteiger charge is -2.39. The minimum absolute atomic E-state index is 0.0176. The summed E-state index contributed by atoms with van der Waals surface area (Å²) in [6, 6.07) is 11.5. The van der Waals surface area contributed by atoms with Gasteiger partial charge in [-0.15, -0.1) is 0 Å². The van der Waals surface area contributed by atoms with Gasteiger partial charge in [-0.05, 0) is 66.8 Å². The largest absolute Gasteiger partial charge is 0.324 e. The van der Waals surface area contributed by atoms with Gasteiger partial charge in [-0.1, -0.05) is 6.07 Å². The van der Waals surface area contributed by atoms with Crippen LogP contribution in [-0.4, -0.2) is 50.2 Å². The van der Waals surface area contributed by atoms with Crippen molar-refractivity contribution in [2.45, 2.75) is 31.3 Å². The van der Waals surface area contributed by atoms with Crippen LogP contribution in [0.4, 0.5) is 29.1 Å². The Labute approximate surface area is 211 Å². The molecule has 3 aromatic rings. The number of hydrogen-bond donors (Lipinski definition) is 3. The van der Waals surface area contributed by atoms with Crippen molar-refractivity contribution in [2.24, 2.45) is 10.1 Å². The van der Waals surface area contributed by atoms with Crippen molar-refractivity contribution in [1.82, 2.24) is 19.9 Å². The fraction of sp³-hybridized carbons (Fsp3) is 0.360. The third-order valence-corrected chi connectivity index (χ3v) is 6.99. The molecule has 5 rings (SSSR count). The number of anilines is 4. The fourth-order valence-electron chi connectivity index (χ4n) is 4.98. The van der Waals surface area contributed by atoms with E-state index in [1.807, 2.05) is 0 Å². The molecule has 0 spiro atoms. The summed E-state index contributed by atoms with van der Waals surface area (Å²) in [5.41, 5.74) is 11.5. The molecule has 0 saturated carbocycles. The number of nitrogens with zero attached hydrogens (tertiary/aromatic N) is 6. The standard InChI is InChI=1S/C25H29N9OS/c1-34-13-15-7-8-20(27)19-10-18(9-16(14-34)23(15)19)29-25-28-12-17(11-26)24(32-25)31-21-5-4-6-22(30-21)33-36(2,3)35/h4-6,9-10,12,15,20H,7-8,13-14,27H2,1-3H3,(H2,28,29,30,31,32). The van der Waals surface area contributed by atoms with Crippen molar-refractivity contribution < 1.29 is 4.21 Å². The summed E-state index contributed by atoms with van der Waals surface area (Å²) in [4.78, 5) is 15.6. The Hall–Kier alpha value is -3.59. The second-order valence-electron chi connectivity index (χ2n) is 9.69. The highest BCUT2D eigenvalue weighted by Crippen LogP contribution is 2.43. The van der Waals surface area contributed by atoms with Gasteiger partial charge in [0, 0.05) is 47.1 Å². The first-order valence-corrected chi connectivity index (χ1v) is 14.1. The first-order valence-electron chi connectivity index (χ1n) is 11.7. The van der Waals surface area contributed by atoms with Gasteiger partial charge in [0.05, 0.1) is 6.20 Å². The van der Waals surface area contributed by atoms with Crippen LogP contribution in [0.1, 0.15) is 47.1 Å². The molecule has 0 fully saturated rings. The van der Waals surface area contributed by atoms with E-state index in [9.17, 15) is 9.47 Å². The third-order valence-electron chi connectivity index (χ3n) is 6.36. The zero-order valence-electron chi connectivity index (χ0n) is 20.5. The van der Waals surface area contributed by atoms with Crippen LogP contribution < -0.4 is 16.4 Å². The lowest BCUT2D eigenvalue weighted by molar-refractivity contribution is 0.261. The smallest absolute Gasteiger partial charge is 0.229 e. The Morgan fingerprint density at radius 2 is 2.06 bits per heavy atom. The Morgan fingerprint density at radius 3 is 2.83 bits per heavy atom. The van der Waals surface area contributed by atoms with Gasteiger partial charge in [-0.3, -0.25) is 0 Å². The first kappa shape index (κ1) is 24.1. The quantitative estimate of drug-likeness (QED) is 0.472. The number of likely N-dealkylation sites (N-methyl/N-ethyl adjacent to an activating group) is 1. The van der Waals surface area contributed by atoms with Crippen LogP contribution in [0.15, 0.2) is 40.9 Å². The zero-order chi connectivity index (χ0) is 25.4. The predicted octanol–water partition coefficient (Wildman–Crippen LogP) is 3.91. The van der Waals surface area contributed by atoms with E-state index in [-0.39, 0.29) is 11.6 Å². The van der Waals surface area contributed by atoms with Gasteiger partial charge in [0.15, 0.2) is 11.6 Å². The van der Waals surface area contributed by atoms with E-state index in [2.05, 4.69) is 60.1 Å². The number of nitrogens with two attached hydrogens (primary N) is 1. The monoisotopic (exact) mass is 503 g/mol. The van der Waals surface area contributed by atoms with Crippen LogP contribution in [0.2, 0.25) is 0 Å². The highest BCUT2D eigenvalue weighted by molar-refractivity contribution is 7.92. The Kier molecular flexibility index (Phi) is 6.34.